The van der Waals surface area contributed by atoms with Crippen molar-refractivity contribution in [2.75, 3.05) is 10.8 Å². The lowest BCUT2D eigenvalue weighted by atomic mass is 11.0. The normalized spacial score (nSPS) is 17.5. The van der Waals surface area contributed by atoms with Crippen LogP contribution in [0.5, 0.6) is 0 Å². The summed E-state index contributed by atoms with van der Waals surface area (Å²) >= 11 is 3.79. The largest absolute Gasteiger partial charge is 1.00 e. The fourth-order valence-electron chi connectivity index (χ4n) is 0.1000. The van der Waals surface area contributed by atoms with E-state index < -0.39 is 0 Å². The molecule has 1 nitrogen and oxygen atoms in total. The van der Waals surface area contributed by atoms with E-state index in [1.54, 1.807) is 0 Å². The van der Waals surface area contributed by atoms with Gasteiger partial charge in [0.15, 0.2) is 0 Å². The summed E-state index contributed by atoms with van der Waals surface area (Å²) in [6, 6.07) is 0. The highest BCUT2D eigenvalue weighted by molar-refractivity contribution is 8.21. The molecule has 0 amide bonds. The number of thiol groups is 2. The molecule has 0 aliphatic heterocycles. The van der Waals surface area contributed by atoms with Crippen LogP contribution in [-0.4, -0.2) is 10.8 Å². The summed E-state index contributed by atoms with van der Waals surface area (Å²) in [7, 11) is 0. The Morgan fingerprint density at radius 2 is 2.50 bits per heavy atom. The Kier molecular flexibility index (Phi) is 4.26. The van der Waals surface area contributed by atoms with Gasteiger partial charge in [0.05, 0.1) is 0 Å². The zero-order valence-corrected chi connectivity index (χ0v) is 5.67. The van der Waals surface area contributed by atoms with E-state index in [1.165, 1.54) is 0 Å². The third-order valence-corrected chi connectivity index (χ3v) is 2.85. The molecule has 2 N–H and O–H groups in total. The fourth-order valence-corrected chi connectivity index (χ4v) is 0.900. The minimum atomic E-state index is -0.212. The van der Waals surface area contributed by atoms with Gasteiger partial charge in [-0.2, -0.15) is 23.7 Å². The van der Waals surface area contributed by atoms with Crippen LogP contribution in [0.25, 0.3) is 0 Å². The lowest BCUT2D eigenvalue weighted by molar-refractivity contribution is 1.50. The molecule has 0 aliphatic rings. The van der Waals surface area contributed by atoms with Gasteiger partial charge in [0.1, 0.15) is 0 Å². The first-order valence-electron chi connectivity index (χ1n) is 1.91. The number of hydrogen-bond acceptors (Lipinski definition) is 2. The molecule has 0 spiro atoms. The van der Waals surface area contributed by atoms with Gasteiger partial charge in [0.2, 0.25) is 0 Å². The van der Waals surface area contributed by atoms with Gasteiger partial charge in [0, 0.05) is 5.08 Å². The standard InChI is InChI=1S/C3H11NS2/c1-2-6(4)3-5/h5-6H,2-4H2,1H3/p+1. The predicted octanol–water partition coefficient (Wildman–Crippen LogP) is 0.881. The Labute approximate surface area is 48.7 Å². The third kappa shape index (κ3) is 2.87. The van der Waals surface area contributed by atoms with Crippen LogP contribution in [0, 0.1) is 0 Å². The lowest BCUT2D eigenvalue weighted by Crippen LogP contribution is -1.95. The Hall–Kier alpha value is 0.660. The van der Waals surface area contributed by atoms with E-state index >= 15 is 0 Å². The van der Waals surface area contributed by atoms with Crippen molar-refractivity contribution in [3.05, 3.63) is 0 Å². The zero-order valence-electron chi connectivity index (χ0n) is 4.89. The molecule has 0 aromatic heterocycles. The first-order valence-corrected chi connectivity index (χ1v) is 4.33. The number of hydrogen-bond donors (Lipinski definition) is 3. The molecule has 0 aromatic carbocycles. The van der Waals surface area contributed by atoms with E-state index in [0.29, 0.717) is 0 Å². The van der Waals surface area contributed by atoms with Crippen molar-refractivity contribution in [2.45, 2.75) is 6.92 Å². The van der Waals surface area contributed by atoms with Crippen LogP contribution < -0.4 is 5.14 Å². The van der Waals surface area contributed by atoms with E-state index in [2.05, 4.69) is 19.6 Å². The summed E-state index contributed by atoms with van der Waals surface area (Å²) in [5.74, 6) is 1.10. The van der Waals surface area contributed by atoms with Gasteiger partial charge in [0.25, 0.3) is 0 Å². The van der Waals surface area contributed by atoms with Gasteiger partial charge in [-0.1, -0.05) is 6.92 Å². The molecule has 0 bridgehead atoms. The SMILES string of the molecule is CC[SH](N)CS.[H+]. The van der Waals surface area contributed by atoms with Crippen molar-refractivity contribution in [1.29, 1.82) is 0 Å². The molecule has 1 unspecified atom stereocenters. The summed E-state index contributed by atoms with van der Waals surface area (Å²) in [6.45, 7) is 2.09. The molecule has 0 aliphatic carbocycles. The Balaban J connectivity index is 0. The average molecular weight is 126 g/mol. The average Bonchev–Trinajstić information content (AvgIpc) is 1.65. The van der Waals surface area contributed by atoms with Crippen molar-refractivity contribution in [3.8, 4) is 0 Å². The topological polar surface area (TPSA) is 26.0 Å². The highest BCUT2D eigenvalue weighted by Crippen LogP contribution is 2.12. The molecule has 0 fully saturated rings. The highest BCUT2D eigenvalue weighted by atomic mass is 32.2. The smallest absolute Gasteiger partial charge is 0.296 e. The van der Waals surface area contributed by atoms with E-state index in [-0.39, 0.29) is 12.5 Å². The summed E-state index contributed by atoms with van der Waals surface area (Å²) in [4.78, 5) is 0. The van der Waals surface area contributed by atoms with Gasteiger partial charge >= 0.3 is 1.43 Å². The van der Waals surface area contributed by atoms with Crippen molar-refractivity contribution in [1.82, 2.24) is 0 Å². The van der Waals surface area contributed by atoms with Gasteiger partial charge < -0.3 is 0 Å². The molecule has 3 heteroatoms. The van der Waals surface area contributed by atoms with E-state index in [9.17, 15) is 0 Å². The number of rotatable bonds is 2. The Morgan fingerprint density at radius 1 is 2.00 bits per heavy atom. The quantitative estimate of drug-likeness (QED) is 0.471. The molecule has 1 atom stereocenters. The fraction of sp³-hybridized carbons (Fsp3) is 1.00. The van der Waals surface area contributed by atoms with Gasteiger partial charge in [-0.3, -0.25) is 5.14 Å². The van der Waals surface area contributed by atoms with Crippen molar-refractivity contribution < 1.29 is 1.43 Å². The van der Waals surface area contributed by atoms with Crippen molar-refractivity contribution in [2.24, 2.45) is 5.14 Å². The molecular weight excluding hydrogens is 114 g/mol. The third-order valence-electron chi connectivity index (χ3n) is 0.588. The lowest BCUT2D eigenvalue weighted by Gasteiger charge is -2.06. The van der Waals surface area contributed by atoms with Crippen LogP contribution >= 0.6 is 23.7 Å². The molecule has 0 aromatic rings. The molecule has 6 heavy (non-hydrogen) atoms. The van der Waals surface area contributed by atoms with Gasteiger partial charge in [-0.25, -0.2) is 0 Å². The summed E-state index contributed by atoms with van der Waals surface area (Å²) in [5.41, 5.74) is 0. The van der Waals surface area contributed by atoms with Crippen LogP contribution in [0.2, 0.25) is 0 Å². The highest BCUT2D eigenvalue weighted by Gasteiger charge is 1.82. The Morgan fingerprint density at radius 3 is 2.50 bits per heavy atom. The summed E-state index contributed by atoms with van der Waals surface area (Å²) in [5, 5.41) is 6.33. The first kappa shape index (κ1) is 6.66. The predicted molar refractivity (Wildman–Crippen MR) is 38.7 cm³/mol. The second-order valence-electron chi connectivity index (χ2n) is 1.05. The van der Waals surface area contributed by atoms with Crippen LogP contribution in [0.3, 0.4) is 0 Å². The maximum atomic E-state index is 5.46. The maximum absolute atomic E-state index is 5.46. The summed E-state index contributed by atoms with van der Waals surface area (Å²) < 4.78 is 0. The second kappa shape index (κ2) is 3.84. The minimum Gasteiger partial charge on any atom is -0.296 e. The molecule has 0 rings (SSSR count). The molecule has 40 valence electrons. The molecule has 0 radical (unpaired) electrons. The molecule has 0 heterocycles. The minimum absolute atomic E-state index is 0. The van der Waals surface area contributed by atoms with Gasteiger partial charge in [-0.05, 0) is 5.75 Å². The van der Waals surface area contributed by atoms with Crippen LogP contribution in [0.4, 0.5) is 0 Å². The monoisotopic (exact) mass is 126 g/mol. The first-order chi connectivity index (χ1) is 2.81. The van der Waals surface area contributed by atoms with E-state index in [0.717, 1.165) is 10.8 Å². The molecule has 0 saturated carbocycles. The molecular formula is C3H12NS2+. The van der Waals surface area contributed by atoms with E-state index in [4.69, 9.17) is 5.14 Å². The Bertz CT molecular complexity index is 32.1. The molecule has 0 saturated heterocycles. The second-order valence-corrected chi connectivity index (χ2v) is 3.99. The van der Waals surface area contributed by atoms with Gasteiger partial charge in [-0.15, -0.1) is 0 Å². The number of nitrogens with two attached hydrogens (primary N) is 1. The maximum Gasteiger partial charge on any atom is 1.00 e. The van der Waals surface area contributed by atoms with E-state index in [1.807, 2.05) is 0 Å². The van der Waals surface area contributed by atoms with Crippen molar-refractivity contribution >= 4 is 23.7 Å². The summed E-state index contributed by atoms with van der Waals surface area (Å²) in [6.07, 6.45) is 0. The van der Waals surface area contributed by atoms with Crippen molar-refractivity contribution in [3.63, 3.8) is 0 Å². The van der Waals surface area contributed by atoms with Crippen LogP contribution in [0.15, 0.2) is 0 Å². The zero-order chi connectivity index (χ0) is 4.99. The van der Waals surface area contributed by atoms with Crippen LogP contribution in [-0.2, 0) is 0 Å². The van der Waals surface area contributed by atoms with Crippen LogP contribution in [0.1, 0.15) is 8.35 Å².